The Kier molecular flexibility index (Phi) is 4.28. The van der Waals surface area contributed by atoms with Gasteiger partial charge in [-0.2, -0.15) is 0 Å². The Labute approximate surface area is 113 Å². The summed E-state index contributed by atoms with van der Waals surface area (Å²) in [7, 11) is 0. The van der Waals surface area contributed by atoms with E-state index < -0.39 is 0 Å². The number of thiazole rings is 1. The number of halogens is 1. The quantitative estimate of drug-likeness (QED) is 0.921. The zero-order valence-corrected chi connectivity index (χ0v) is 11.6. The molecule has 0 spiro atoms. The van der Waals surface area contributed by atoms with Crippen molar-refractivity contribution in [2.45, 2.75) is 44.7 Å². The Balaban J connectivity index is 0.00000108. The molecule has 1 unspecified atom stereocenters. The van der Waals surface area contributed by atoms with E-state index >= 15 is 0 Å². The molecule has 5 heteroatoms. The monoisotopic (exact) mass is 273 g/mol. The van der Waals surface area contributed by atoms with E-state index in [0.717, 1.165) is 18.5 Å². The Hall–Kier alpha value is -0.320. The van der Waals surface area contributed by atoms with Crippen LogP contribution >= 0.6 is 23.7 Å². The van der Waals surface area contributed by atoms with Gasteiger partial charge in [-0.1, -0.05) is 6.42 Å². The molecule has 1 aliphatic carbocycles. The highest BCUT2D eigenvalue weighted by Gasteiger charge is 2.34. The summed E-state index contributed by atoms with van der Waals surface area (Å²) in [4.78, 5) is 8.10. The van der Waals surface area contributed by atoms with Gasteiger partial charge < -0.3 is 5.73 Å². The Morgan fingerprint density at radius 3 is 2.76 bits per heavy atom. The third-order valence-corrected chi connectivity index (χ3v) is 4.85. The van der Waals surface area contributed by atoms with Crippen LogP contribution in [-0.4, -0.2) is 22.5 Å². The van der Waals surface area contributed by atoms with Crippen molar-refractivity contribution in [2.75, 3.05) is 12.3 Å². The van der Waals surface area contributed by atoms with E-state index in [4.69, 9.17) is 5.73 Å². The third kappa shape index (κ3) is 2.75. The van der Waals surface area contributed by atoms with Crippen LogP contribution in [0.1, 0.15) is 37.0 Å². The van der Waals surface area contributed by atoms with E-state index in [9.17, 15) is 0 Å². The summed E-state index contributed by atoms with van der Waals surface area (Å²) >= 11 is 1.64. The minimum absolute atomic E-state index is 0. The lowest BCUT2D eigenvalue weighted by atomic mass is 9.79. The number of hydrogen-bond acceptors (Lipinski definition) is 4. The molecular weight excluding hydrogens is 254 g/mol. The maximum atomic E-state index is 5.67. The van der Waals surface area contributed by atoms with Gasteiger partial charge in [0, 0.05) is 23.7 Å². The van der Waals surface area contributed by atoms with E-state index in [1.165, 1.54) is 43.5 Å². The van der Waals surface area contributed by atoms with Crippen molar-refractivity contribution in [3.05, 3.63) is 11.1 Å². The molecule has 1 saturated carbocycles. The van der Waals surface area contributed by atoms with Crippen LogP contribution in [0.4, 0.5) is 5.13 Å². The highest BCUT2D eigenvalue weighted by atomic mass is 35.5. The second kappa shape index (κ2) is 5.55. The lowest BCUT2D eigenvalue weighted by Gasteiger charge is -2.36. The lowest BCUT2D eigenvalue weighted by Crippen LogP contribution is -2.38. The molecule has 2 aliphatic rings. The van der Waals surface area contributed by atoms with E-state index in [2.05, 4.69) is 9.88 Å². The van der Waals surface area contributed by atoms with Gasteiger partial charge >= 0.3 is 0 Å². The molecule has 0 aromatic carbocycles. The number of likely N-dealkylation sites (tertiary alicyclic amines) is 1. The molecule has 1 aliphatic heterocycles. The number of hydrogen-bond donors (Lipinski definition) is 1. The number of rotatable bonds is 3. The molecule has 3 nitrogen and oxygen atoms in total. The summed E-state index contributed by atoms with van der Waals surface area (Å²) < 4.78 is 0. The van der Waals surface area contributed by atoms with Gasteiger partial charge in [-0.25, -0.2) is 4.98 Å². The van der Waals surface area contributed by atoms with E-state index in [0.29, 0.717) is 5.13 Å². The fraction of sp³-hybridized carbons (Fsp3) is 0.750. The number of nitrogens with zero attached hydrogens (tertiary/aromatic N) is 2. The molecule has 0 amide bonds. The zero-order chi connectivity index (χ0) is 11.0. The molecule has 0 radical (unpaired) electrons. The van der Waals surface area contributed by atoms with Gasteiger partial charge in [0.2, 0.25) is 0 Å². The molecule has 1 saturated heterocycles. The van der Waals surface area contributed by atoms with Crippen LogP contribution in [0.2, 0.25) is 0 Å². The average molecular weight is 274 g/mol. The maximum absolute atomic E-state index is 5.67. The van der Waals surface area contributed by atoms with Gasteiger partial charge in [-0.05, 0) is 38.1 Å². The van der Waals surface area contributed by atoms with Crippen LogP contribution in [0.25, 0.3) is 0 Å². The minimum Gasteiger partial charge on any atom is -0.375 e. The highest BCUT2D eigenvalue weighted by Crippen LogP contribution is 2.38. The maximum Gasteiger partial charge on any atom is 0.180 e. The normalized spacial score (nSPS) is 25.5. The van der Waals surface area contributed by atoms with Gasteiger partial charge in [0.1, 0.15) is 0 Å². The Morgan fingerprint density at radius 2 is 2.18 bits per heavy atom. The molecule has 1 aromatic rings. The van der Waals surface area contributed by atoms with Gasteiger partial charge in [0.25, 0.3) is 0 Å². The van der Waals surface area contributed by atoms with Crippen LogP contribution in [0, 0.1) is 5.92 Å². The number of nitrogen functional groups attached to an aromatic ring is 1. The summed E-state index contributed by atoms with van der Waals surface area (Å²) in [6, 6.07) is 0.845. The Morgan fingerprint density at radius 1 is 1.35 bits per heavy atom. The van der Waals surface area contributed by atoms with E-state index in [-0.39, 0.29) is 12.4 Å². The smallest absolute Gasteiger partial charge is 0.180 e. The second-order valence-corrected chi connectivity index (χ2v) is 6.18. The molecular formula is C12H20ClN3S. The van der Waals surface area contributed by atoms with E-state index in [1.807, 2.05) is 6.20 Å². The minimum atomic E-state index is 0. The summed E-state index contributed by atoms with van der Waals surface area (Å²) in [6.07, 6.45) is 9.06. The summed E-state index contributed by atoms with van der Waals surface area (Å²) in [5.74, 6) is 0.979. The first-order chi connectivity index (χ1) is 7.83. The third-order valence-electron chi connectivity index (χ3n) is 4.04. The number of aromatic nitrogens is 1. The van der Waals surface area contributed by atoms with Crippen molar-refractivity contribution in [3.8, 4) is 0 Å². The molecule has 1 aromatic heterocycles. The molecule has 0 bridgehead atoms. The average Bonchev–Trinajstić information content (AvgIpc) is 2.75. The fourth-order valence-corrected chi connectivity index (χ4v) is 3.71. The standard InChI is InChI=1S/C12H19N3S.ClH/c13-12-14-7-10(16-12)8-15-6-2-5-11(15)9-3-1-4-9;/h7,9,11H,1-6,8H2,(H2,13,14);1H. The molecule has 3 rings (SSSR count). The first kappa shape index (κ1) is 13.1. The first-order valence-electron chi connectivity index (χ1n) is 6.27. The predicted octanol–water partition coefficient (Wildman–Crippen LogP) is 2.91. The van der Waals surface area contributed by atoms with Crippen molar-refractivity contribution < 1.29 is 0 Å². The van der Waals surface area contributed by atoms with Crippen molar-refractivity contribution in [1.29, 1.82) is 0 Å². The van der Waals surface area contributed by atoms with Crippen LogP contribution in [-0.2, 0) is 6.54 Å². The van der Waals surface area contributed by atoms with Crippen LogP contribution in [0.5, 0.6) is 0 Å². The largest absolute Gasteiger partial charge is 0.375 e. The predicted molar refractivity (Wildman–Crippen MR) is 74.5 cm³/mol. The zero-order valence-electron chi connectivity index (χ0n) is 9.97. The summed E-state index contributed by atoms with van der Waals surface area (Å²) in [5.41, 5.74) is 5.67. The van der Waals surface area contributed by atoms with Crippen molar-refractivity contribution in [3.63, 3.8) is 0 Å². The van der Waals surface area contributed by atoms with Gasteiger partial charge in [0.05, 0.1) is 0 Å². The highest BCUT2D eigenvalue weighted by molar-refractivity contribution is 7.15. The molecule has 96 valence electrons. The molecule has 17 heavy (non-hydrogen) atoms. The van der Waals surface area contributed by atoms with Crippen molar-refractivity contribution in [2.24, 2.45) is 5.92 Å². The fourth-order valence-electron chi connectivity index (χ4n) is 3.00. The van der Waals surface area contributed by atoms with Gasteiger partial charge in [0.15, 0.2) is 5.13 Å². The second-order valence-electron chi connectivity index (χ2n) is 5.04. The first-order valence-corrected chi connectivity index (χ1v) is 7.09. The van der Waals surface area contributed by atoms with Gasteiger partial charge in [-0.3, -0.25) is 4.90 Å². The van der Waals surface area contributed by atoms with Crippen molar-refractivity contribution >= 4 is 28.9 Å². The lowest BCUT2D eigenvalue weighted by molar-refractivity contribution is 0.127. The van der Waals surface area contributed by atoms with Crippen LogP contribution in [0.15, 0.2) is 6.20 Å². The molecule has 1 atom stereocenters. The topological polar surface area (TPSA) is 42.1 Å². The van der Waals surface area contributed by atoms with Crippen molar-refractivity contribution in [1.82, 2.24) is 9.88 Å². The SMILES string of the molecule is Cl.Nc1ncc(CN2CCCC2C2CCC2)s1. The van der Waals surface area contributed by atoms with Crippen LogP contribution < -0.4 is 5.73 Å². The molecule has 2 heterocycles. The van der Waals surface area contributed by atoms with Gasteiger partial charge in [-0.15, -0.1) is 23.7 Å². The summed E-state index contributed by atoms with van der Waals surface area (Å²) in [6.45, 7) is 2.33. The molecule has 2 fully saturated rings. The van der Waals surface area contributed by atoms with Crippen LogP contribution in [0.3, 0.4) is 0 Å². The Bertz CT molecular complexity index is 364. The van der Waals surface area contributed by atoms with E-state index in [1.54, 1.807) is 11.3 Å². The molecule has 2 N–H and O–H groups in total. The summed E-state index contributed by atoms with van der Waals surface area (Å²) in [5, 5.41) is 0.703. The number of anilines is 1. The number of nitrogens with two attached hydrogens (primary N) is 1.